The van der Waals surface area contributed by atoms with Gasteiger partial charge in [-0.25, -0.2) is 9.97 Å². The van der Waals surface area contributed by atoms with Crippen molar-refractivity contribution in [3.8, 4) is 11.5 Å². The molecule has 0 aliphatic heterocycles. The molecule has 1 aromatic heterocycles. The summed E-state index contributed by atoms with van der Waals surface area (Å²) in [6, 6.07) is 3.71. The third-order valence-corrected chi connectivity index (χ3v) is 2.92. The van der Waals surface area contributed by atoms with E-state index in [1.165, 1.54) is 6.33 Å². The molecular formula is C13H17N3O3. The van der Waals surface area contributed by atoms with E-state index in [2.05, 4.69) is 9.97 Å². The Hall–Kier alpha value is -2.08. The standard InChI is InChI=1S/C13H17N3O3/c1-16(6-7-17)13-9-4-5-10(18-2)12(19-3)11(9)14-8-15-13/h4-5,8,17H,6-7H2,1-3H3. The van der Waals surface area contributed by atoms with Crippen LogP contribution in [0.25, 0.3) is 10.9 Å². The van der Waals surface area contributed by atoms with Crippen LogP contribution >= 0.6 is 0 Å². The average molecular weight is 263 g/mol. The number of ether oxygens (including phenoxy) is 2. The van der Waals surface area contributed by atoms with Gasteiger partial charge in [-0.05, 0) is 12.1 Å². The monoisotopic (exact) mass is 263 g/mol. The molecule has 1 aromatic carbocycles. The molecule has 0 saturated carbocycles. The first-order chi connectivity index (χ1) is 9.22. The lowest BCUT2D eigenvalue weighted by Gasteiger charge is -2.19. The first-order valence-electron chi connectivity index (χ1n) is 5.90. The van der Waals surface area contributed by atoms with Crippen molar-refractivity contribution in [1.82, 2.24) is 9.97 Å². The van der Waals surface area contributed by atoms with Crippen LogP contribution in [0, 0.1) is 0 Å². The van der Waals surface area contributed by atoms with E-state index in [0.717, 1.165) is 11.2 Å². The van der Waals surface area contributed by atoms with Crippen LogP contribution in [0.2, 0.25) is 0 Å². The summed E-state index contributed by atoms with van der Waals surface area (Å²) in [7, 11) is 5.04. The van der Waals surface area contributed by atoms with Crippen molar-refractivity contribution in [3.63, 3.8) is 0 Å². The van der Waals surface area contributed by atoms with Gasteiger partial charge in [0.1, 0.15) is 17.7 Å². The van der Waals surface area contributed by atoms with E-state index in [1.54, 1.807) is 14.2 Å². The summed E-state index contributed by atoms with van der Waals surface area (Å²) in [5, 5.41) is 9.88. The Morgan fingerprint density at radius 1 is 1.21 bits per heavy atom. The van der Waals surface area contributed by atoms with E-state index >= 15 is 0 Å². The highest BCUT2D eigenvalue weighted by molar-refractivity contribution is 5.94. The van der Waals surface area contributed by atoms with Gasteiger partial charge in [-0.2, -0.15) is 0 Å². The first kappa shape index (κ1) is 13.4. The van der Waals surface area contributed by atoms with Gasteiger partial charge in [0, 0.05) is 19.0 Å². The van der Waals surface area contributed by atoms with Gasteiger partial charge in [0.25, 0.3) is 0 Å². The Bertz CT molecular complexity index is 574. The number of aliphatic hydroxyl groups excluding tert-OH is 1. The molecule has 2 aromatic rings. The van der Waals surface area contributed by atoms with Crippen molar-refractivity contribution in [2.24, 2.45) is 0 Å². The molecule has 2 rings (SSSR count). The van der Waals surface area contributed by atoms with Crippen LogP contribution in [0.5, 0.6) is 11.5 Å². The molecule has 0 unspecified atom stereocenters. The molecule has 0 bridgehead atoms. The molecule has 6 nitrogen and oxygen atoms in total. The minimum atomic E-state index is 0.0648. The maximum Gasteiger partial charge on any atom is 0.187 e. The normalized spacial score (nSPS) is 10.5. The van der Waals surface area contributed by atoms with E-state index in [1.807, 2.05) is 24.1 Å². The topological polar surface area (TPSA) is 67.7 Å². The molecule has 0 aliphatic rings. The number of fused-ring (bicyclic) bond motifs is 1. The van der Waals surface area contributed by atoms with Crippen LogP contribution in [0.4, 0.5) is 5.82 Å². The summed E-state index contributed by atoms with van der Waals surface area (Å²) in [4.78, 5) is 10.4. The number of rotatable bonds is 5. The van der Waals surface area contributed by atoms with Crippen LogP contribution in [0.1, 0.15) is 0 Å². The fourth-order valence-electron chi connectivity index (χ4n) is 1.99. The molecular weight excluding hydrogens is 246 g/mol. The van der Waals surface area contributed by atoms with Gasteiger partial charge >= 0.3 is 0 Å². The smallest absolute Gasteiger partial charge is 0.187 e. The van der Waals surface area contributed by atoms with Crippen LogP contribution in [0.3, 0.4) is 0 Å². The quantitative estimate of drug-likeness (QED) is 0.870. The highest BCUT2D eigenvalue weighted by Crippen LogP contribution is 2.36. The molecule has 6 heteroatoms. The van der Waals surface area contributed by atoms with Crippen molar-refractivity contribution >= 4 is 16.7 Å². The van der Waals surface area contributed by atoms with E-state index in [-0.39, 0.29) is 6.61 Å². The minimum absolute atomic E-state index is 0.0648. The van der Waals surface area contributed by atoms with Gasteiger partial charge in [-0.1, -0.05) is 0 Å². The SMILES string of the molecule is COc1ccc2c(N(C)CCO)ncnc2c1OC. The fourth-order valence-corrected chi connectivity index (χ4v) is 1.99. The second-order valence-corrected chi connectivity index (χ2v) is 4.04. The predicted molar refractivity (Wildman–Crippen MR) is 73.0 cm³/mol. The summed E-state index contributed by atoms with van der Waals surface area (Å²) >= 11 is 0. The lowest BCUT2D eigenvalue weighted by molar-refractivity contribution is 0.304. The number of anilines is 1. The molecule has 0 fully saturated rings. The van der Waals surface area contributed by atoms with Gasteiger partial charge in [0.2, 0.25) is 0 Å². The van der Waals surface area contributed by atoms with Crippen molar-refractivity contribution < 1.29 is 14.6 Å². The maximum absolute atomic E-state index is 9.02. The van der Waals surface area contributed by atoms with E-state index < -0.39 is 0 Å². The van der Waals surface area contributed by atoms with Crippen molar-refractivity contribution in [1.29, 1.82) is 0 Å². The Morgan fingerprint density at radius 3 is 2.63 bits per heavy atom. The van der Waals surface area contributed by atoms with Gasteiger partial charge in [0.15, 0.2) is 11.5 Å². The third-order valence-electron chi connectivity index (χ3n) is 2.92. The van der Waals surface area contributed by atoms with Crippen molar-refractivity contribution in [2.45, 2.75) is 0 Å². The van der Waals surface area contributed by atoms with Crippen LogP contribution < -0.4 is 14.4 Å². The Morgan fingerprint density at radius 2 is 2.00 bits per heavy atom. The Kier molecular flexibility index (Phi) is 4.01. The molecule has 0 aliphatic carbocycles. The second kappa shape index (κ2) is 5.71. The lowest BCUT2D eigenvalue weighted by Crippen LogP contribution is -2.22. The Labute approximate surface area is 111 Å². The number of aliphatic hydroxyl groups is 1. The zero-order valence-electron chi connectivity index (χ0n) is 11.3. The molecule has 102 valence electrons. The van der Waals surface area contributed by atoms with Gasteiger partial charge < -0.3 is 19.5 Å². The summed E-state index contributed by atoms with van der Waals surface area (Å²) < 4.78 is 10.6. The fraction of sp³-hybridized carbons (Fsp3) is 0.385. The van der Waals surface area contributed by atoms with Gasteiger partial charge in [-0.15, -0.1) is 0 Å². The minimum Gasteiger partial charge on any atom is -0.493 e. The zero-order valence-corrected chi connectivity index (χ0v) is 11.3. The number of hydrogen-bond acceptors (Lipinski definition) is 6. The molecule has 0 radical (unpaired) electrons. The van der Waals surface area contributed by atoms with Crippen LogP contribution in [-0.2, 0) is 0 Å². The highest BCUT2D eigenvalue weighted by Gasteiger charge is 2.15. The molecule has 1 heterocycles. The summed E-state index contributed by atoms with van der Waals surface area (Å²) in [5.74, 6) is 1.96. The second-order valence-electron chi connectivity index (χ2n) is 4.04. The lowest BCUT2D eigenvalue weighted by atomic mass is 10.2. The number of likely N-dealkylation sites (N-methyl/N-ethyl adjacent to an activating group) is 1. The maximum atomic E-state index is 9.02. The third kappa shape index (κ3) is 2.39. The van der Waals surface area contributed by atoms with Crippen LogP contribution in [-0.4, -0.2) is 49.5 Å². The average Bonchev–Trinajstić information content (AvgIpc) is 2.45. The predicted octanol–water partition coefficient (Wildman–Crippen LogP) is 1.08. The number of nitrogens with zero attached hydrogens (tertiary/aromatic N) is 3. The largest absolute Gasteiger partial charge is 0.493 e. The summed E-state index contributed by atoms with van der Waals surface area (Å²) in [6.45, 7) is 0.565. The molecule has 19 heavy (non-hydrogen) atoms. The van der Waals surface area contributed by atoms with Crippen molar-refractivity contribution in [2.75, 3.05) is 39.3 Å². The van der Waals surface area contributed by atoms with Gasteiger partial charge in [0.05, 0.1) is 20.8 Å². The Balaban J connectivity index is 2.63. The first-order valence-corrected chi connectivity index (χ1v) is 5.90. The molecule has 0 atom stereocenters. The number of aromatic nitrogens is 2. The summed E-state index contributed by atoms with van der Waals surface area (Å²) in [6.07, 6.45) is 1.48. The number of methoxy groups -OCH3 is 2. The van der Waals surface area contributed by atoms with Crippen molar-refractivity contribution in [3.05, 3.63) is 18.5 Å². The number of benzene rings is 1. The number of hydrogen-bond donors (Lipinski definition) is 1. The molecule has 0 saturated heterocycles. The van der Waals surface area contributed by atoms with Gasteiger partial charge in [-0.3, -0.25) is 0 Å². The summed E-state index contributed by atoms with van der Waals surface area (Å²) in [5.41, 5.74) is 0.691. The highest BCUT2D eigenvalue weighted by atomic mass is 16.5. The van der Waals surface area contributed by atoms with E-state index in [0.29, 0.717) is 23.6 Å². The zero-order chi connectivity index (χ0) is 13.8. The molecule has 1 N–H and O–H groups in total. The molecule has 0 amide bonds. The molecule has 0 spiro atoms. The van der Waals surface area contributed by atoms with Crippen LogP contribution in [0.15, 0.2) is 18.5 Å². The van der Waals surface area contributed by atoms with E-state index in [9.17, 15) is 0 Å². The van der Waals surface area contributed by atoms with E-state index in [4.69, 9.17) is 14.6 Å².